The van der Waals surface area contributed by atoms with Crippen LogP contribution in [-0.4, -0.2) is 38.1 Å². The number of hydrogen-bond acceptors (Lipinski definition) is 3. The standard InChI is InChI=1S/C17H24N2O3/c1-11-5-6-15(7-12(11)2)19-9-14(8-16(19)20)17(21)18-13(3)10-22-4/h5-7,13-14H,8-10H2,1-4H3,(H,18,21)/t13-,14+/m0/s1. The molecular formula is C17H24N2O3. The van der Waals surface area contributed by atoms with Crippen LogP contribution in [0.4, 0.5) is 5.69 Å². The summed E-state index contributed by atoms with van der Waals surface area (Å²) in [6, 6.07) is 5.89. The second-order valence-corrected chi connectivity index (χ2v) is 6.04. The first-order valence-electron chi connectivity index (χ1n) is 7.59. The molecular weight excluding hydrogens is 280 g/mol. The van der Waals surface area contributed by atoms with E-state index in [4.69, 9.17) is 4.74 Å². The lowest BCUT2D eigenvalue weighted by Gasteiger charge is -2.19. The van der Waals surface area contributed by atoms with Gasteiger partial charge in [-0.25, -0.2) is 0 Å². The Kier molecular flexibility index (Phi) is 5.19. The molecule has 0 saturated carbocycles. The van der Waals surface area contributed by atoms with Crippen molar-refractivity contribution in [2.45, 2.75) is 33.2 Å². The smallest absolute Gasteiger partial charge is 0.227 e. The van der Waals surface area contributed by atoms with Crippen molar-refractivity contribution in [3.63, 3.8) is 0 Å². The number of hydrogen-bond donors (Lipinski definition) is 1. The average molecular weight is 304 g/mol. The van der Waals surface area contributed by atoms with Crippen LogP contribution >= 0.6 is 0 Å². The van der Waals surface area contributed by atoms with Gasteiger partial charge in [-0.3, -0.25) is 9.59 Å². The van der Waals surface area contributed by atoms with Crippen LogP contribution < -0.4 is 10.2 Å². The van der Waals surface area contributed by atoms with Crippen LogP contribution in [0, 0.1) is 19.8 Å². The molecule has 1 fully saturated rings. The van der Waals surface area contributed by atoms with Crippen molar-refractivity contribution in [1.29, 1.82) is 0 Å². The largest absolute Gasteiger partial charge is 0.383 e. The molecule has 120 valence electrons. The topological polar surface area (TPSA) is 58.6 Å². The van der Waals surface area contributed by atoms with Crippen molar-refractivity contribution in [1.82, 2.24) is 5.32 Å². The van der Waals surface area contributed by atoms with Gasteiger partial charge in [0.2, 0.25) is 11.8 Å². The van der Waals surface area contributed by atoms with Crippen molar-refractivity contribution in [2.24, 2.45) is 5.92 Å². The van der Waals surface area contributed by atoms with Gasteiger partial charge in [0.15, 0.2) is 0 Å². The zero-order chi connectivity index (χ0) is 16.3. The highest BCUT2D eigenvalue weighted by Crippen LogP contribution is 2.26. The molecule has 2 atom stereocenters. The number of nitrogens with zero attached hydrogens (tertiary/aromatic N) is 1. The van der Waals surface area contributed by atoms with Gasteiger partial charge >= 0.3 is 0 Å². The molecule has 0 aliphatic carbocycles. The molecule has 0 bridgehead atoms. The number of benzene rings is 1. The minimum atomic E-state index is -0.298. The SMILES string of the molecule is COC[C@H](C)NC(=O)[C@@H]1CC(=O)N(c2ccc(C)c(C)c2)C1. The molecule has 5 nitrogen and oxygen atoms in total. The third kappa shape index (κ3) is 3.65. The highest BCUT2D eigenvalue weighted by molar-refractivity contribution is 6.00. The number of methoxy groups -OCH3 is 1. The number of carbonyl (C=O) groups is 2. The van der Waals surface area contributed by atoms with Gasteiger partial charge in [-0.2, -0.15) is 0 Å². The lowest BCUT2D eigenvalue weighted by atomic mass is 10.1. The van der Waals surface area contributed by atoms with Crippen molar-refractivity contribution in [3.8, 4) is 0 Å². The first-order chi connectivity index (χ1) is 10.4. The average Bonchev–Trinajstić information content (AvgIpc) is 2.84. The first-order valence-corrected chi connectivity index (χ1v) is 7.59. The number of aryl methyl sites for hydroxylation is 2. The molecule has 22 heavy (non-hydrogen) atoms. The lowest BCUT2D eigenvalue weighted by molar-refractivity contribution is -0.127. The van der Waals surface area contributed by atoms with Crippen LogP contribution in [0.2, 0.25) is 0 Å². The van der Waals surface area contributed by atoms with Crippen molar-refractivity contribution in [2.75, 3.05) is 25.2 Å². The van der Waals surface area contributed by atoms with Crippen molar-refractivity contribution < 1.29 is 14.3 Å². The van der Waals surface area contributed by atoms with E-state index in [0.29, 0.717) is 13.2 Å². The quantitative estimate of drug-likeness (QED) is 0.902. The number of rotatable bonds is 5. The molecule has 0 radical (unpaired) electrons. The van der Waals surface area contributed by atoms with Gasteiger partial charge in [-0.1, -0.05) is 6.07 Å². The van der Waals surface area contributed by atoms with E-state index in [9.17, 15) is 9.59 Å². The Hall–Kier alpha value is -1.88. The zero-order valence-electron chi connectivity index (χ0n) is 13.7. The maximum atomic E-state index is 12.2. The predicted octanol–water partition coefficient (Wildman–Crippen LogP) is 1.81. The summed E-state index contributed by atoms with van der Waals surface area (Å²) in [7, 11) is 1.60. The zero-order valence-corrected chi connectivity index (χ0v) is 13.7. The Morgan fingerprint density at radius 3 is 2.77 bits per heavy atom. The highest BCUT2D eigenvalue weighted by Gasteiger charge is 2.35. The molecule has 1 aliphatic heterocycles. The van der Waals surface area contributed by atoms with Crippen LogP contribution in [-0.2, 0) is 14.3 Å². The number of nitrogens with one attached hydrogen (secondary N) is 1. The van der Waals surface area contributed by atoms with Crippen LogP contribution in [0.15, 0.2) is 18.2 Å². The summed E-state index contributed by atoms with van der Waals surface area (Å²) < 4.78 is 5.01. The van der Waals surface area contributed by atoms with Gasteiger partial charge in [-0.05, 0) is 44.0 Å². The predicted molar refractivity (Wildman–Crippen MR) is 85.9 cm³/mol. The number of anilines is 1. The van der Waals surface area contributed by atoms with Gasteiger partial charge in [0, 0.05) is 31.8 Å². The summed E-state index contributed by atoms with van der Waals surface area (Å²) in [6.45, 7) is 6.85. The Morgan fingerprint density at radius 1 is 1.41 bits per heavy atom. The molecule has 1 aromatic rings. The summed E-state index contributed by atoms with van der Waals surface area (Å²) in [5, 5.41) is 2.89. The van der Waals surface area contributed by atoms with E-state index in [-0.39, 0.29) is 30.2 Å². The van der Waals surface area contributed by atoms with Crippen LogP contribution in [0.1, 0.15) is 24.5 Å². The third-order valence-electron chi connectivity index (χ3n) is 4.10. The summed E-state index contributed by atoms with van der Waals surface area (Å²) >= 11 is 0. The van der Waals surface area contributed by atoms with E-state index < -0.39 is 0 Å². The van der Waals surface area contributed by atoms with E-state index in [1.54, 1.807) is 12.0 Å². The fourth-order valence-electron chi connectivity index (χ4n) is 2.68. The second kappa shape index (κ2) is 6.92. The summed E-state index contributed by atoms with van der Waals surface area (Å²) in [5.74, 6) is -0.375. The van der Waals surface area contributed by atoms with Crippen LogP contribution in [0.3, 0.4) is 0 Å². The van der Waals surface area contributed by atoms with E-state index in [0.717, 1.165) is 11.3 Å². The maximum absolute atomic E-state index is 12.2. The Labute approximate surface area is 131 Å². The van der Waals surface area contributed by atoms with Crippen molar-refractivity contribution in [3.05, 3.63) is 29.3 Å². The monoisotopic (exact) mass is 304 g/mol. The van der Waals surface area contributed by atoms with Gasteiger partial charge in [-0.15, -0.1) is 0 Å². The molecule has 2 amide bonds. The second-order valence-electron chi connectivity index (χ2n) is 6.04. The minimum Gasteiger partial charge on any atom is -0.383 e. The number of carbonyl (C=O) groups excluding carboxylic acids is 2. The van der Waals surface area contributed by atoms with E-state index in [1.165, 1.54) is 5.56 Å². The van der Waals surface area contributed by atoms with Gasteiger partial charge in [0.25, 0.3) is 0 Å². The number of amides is 2. The van der Waals surface area contributed by atoms with Gasteiger partial charge in [0.1, 0.15) is 0 Å². The molecule has 0 aromatic heterocycles. The molecule has 1 N–H and O–H groups in total. The molecule has 1 heterocycles. The van der Waals surface area contributed by atoms with E-state index in [2.05, 4.69) is 5.32 Å². The van der Waals surface area contributed by atoms with Gasteiger partial charge in [0.05, 0.1) is 12.5 Å². The van der Waals surface area contributed by atoms with Crippen molar-refractivity contribution >= 4 is 17.5 Å². The summed E-state index contributed by atoms with van der Waals surface area (Å²) in [4.78, 5) is 26.2. The van der Waals surface area contributed by atoms with E-state index in [1.807, 2.05) is 39.0 Å². The molecule has 1 aromatic carbocycles. The van der Waals surface area contributed by atoms with Crippen LogP contribution in [0.5, 0.6) is 0 Å². The number of ether oxygens (including phenoxy) is 1. The summed E-state index contributed by atoms with van der Waals surface area (Å²) in [5.41, 5.74) is 3.21. The molecule has 0 unspecified atom stereocenters. The highest BCUT2D eigenvalue weighted by atomic mass is 16.5. The lowest BCUT2D eigenvalue weighted by Crippen LogP contribution is -2.40. The fourth-order valence-corrected chi connectivity index (χ4v) is 2.68. The third-order valence-corrected chi connectivity index (χ3v) is 4.10. The minimum absolute atomic E-state index is 0.00259. The summed E-state index contributed by atoms with van der Waals surface area (Å²) in [6.07, 6.45) is 0.262. The van der Waals surface area contributed by atoms with Gasteiger partial charge < -0.3 is 15.0 Å². The molecule has 5 heteroatoms. The molecule has 1 saturated heterocycles. The fraction of sp³-hybridized carbons (Fsp3) is 0.529. The Bertz CT molecular complexity index is 571. The molecule has 0 spiro atoms. The molecule has 1 aliphatic rings. The normalized spacial score (nSPS) is 19.4. The van der Waals surface area contributed by atoms with E-state index >= 15 is 0 Å². The Balaban J connectivity index is 2.04. The first kappa shape index (κ1) is 16.5. The Morgan fingerprint density at radius 2 is 2.14 bits per heavy atom. The van der Waals surface area contributed by atoms with Crippen LogP contribution in [0.25, 0.3) is 0 Å². The molecule has 2 rings (SSSR count). The maximum Gasteiger partial charge on any atom is 0.227 e.